The van der Waals surface area contributed by atoms with E-state index in [1.165, 1.54) is 0 Å². The van der Waals surface area contributed by atoms with Crippen LogP contribution < -0.4 is 0 Å². The molecule has 0 aliphatic heterocycles. The van der Waals surface area contributed by atoms with E-state index in [-0.39, 0.29) is 0 Å². The van der Waals surface area contributed by atoms with E-state index in [1.807, 2.05) is 0 Å². The van der Waals surface area contributed by atoms with Gasteiger partial charge in [0.2, 0.25) is 0 Å². The van der Waals surface area contributed by atoms with Gasteiger partial charge in [0.05, 0.1) is 0 Å². The average Bonchev–Trinajstić information content (AvgIpc) is 1.38. The predicted molar refractivity (Wildman–Crippen MR) is 22.3 cm³/mol. The standard InChI is InChI=1S/C2H4O.2K/c1-2-3;;/h1,3H,2H2;;. The van der Waals surface area contributed by atoms with Crippen LogP contribution in [0.1, 0.15) is 0 Å². The SMILES string of the molecule is OC[CH]([K])[K]. The van der Waals surface area contributed by atoms with E-state index in [1.54, 1.807) is 0 Å². The second-order valence-corrected chi connectivity index (χ2v) is 13.4. The monoisotopic (exact) mass is 122 g/mol. The Bertz CT molecular complexity index is 21.6. The molecule has 1 nitrogen and oxygen atoms in total. The van der Waals surface area contributed by atoms with Crippen LogP contribution in [0.3, 0.4) is 0 Å². The molecule has 3 heteroatoms. The second kappa shape index (κ2) is 5.37. The van der Waals surface area contributed by atoms with Crippen LogP contribution in [0.4, 0.5) is 0 Å². The van der Waals surface area contributed by atoms with Crippen LogP contribution in [0.5, 0.6) is 0 Å². The molecular weight excluding hydrogens is 118 g/mol. The summed E-state index contributed by atoms with van der Waals surface area (Å²) >= 11 is 1.81. The summed E-state index contributed by atoms with van der Waals surface area (Å²) in [6, 6.07) is 0. The molecule has 0 unspecified atom stereocenters. The molecule has 0 aromatic carbocycles. The van der Waals surface area contributed by atoms with Gasteiger partial charge < -0.3 is 0 Å². The van der Waals surface area contributed by atoms with Gasteiger partial charge >= 0.3 is 104 Å². The number of hydrogen-bond acceptors (Lipinski definition) is 1. The van der Waals surface area contributed by atoms with Crippen molar-refractivity contribution in [3.8, 4) is 0 Å². The summed E-state index contributed by atoms with van der Waals surface area (Å²) in [5.74, 6) is 0. The fourth-order valence-corrected chi connectivity index (χ4v) is 0. The quantitative estimate of drug-likeness (QED) is 0.445. The third kappa shape index (κ3) is 7.23. The zero-order chi connectivity index (χ0) is 4.28. The molecule has 0 aliphatic carbocycles. The first-order valence-electron chi connectivity index (χ1n) is 1.88. The van der Waals surface area contributed by atoms with Crippen molar-refractivity contribution >= 4 is 97.9 Å². The van der Waals surface area contributed by atoms with Gasteiger partial charge in [0, 0.05) is 0 Å². The molecule has 0 radical (unpaired) electrons. The zero-order valence-electron chi connectivity index (χ0n) is 3.73. The molecule has 0 atom stereocenters. The predicted octanol–water partition coefficient (Wildman–Crippen LogP) is -0.938. The average molecular weight is 122 g/mol. The second-order valence-electron chi connectivity index (χ2n) is 1.58. The van der Waals surface area contributed by atoms with Crippen molar-refractivity contribution in [3.05, 3.63) is 0 Å². The first-order valence-corrected chi connectivity index (χ1v) is 5.49. The molecule has 20 valence electrons. The molecule has 0 saturated carbocycles. The van der Waals surface area contributed by atoms with Gasteiger partial charge in [-0.15, -0.1) is 0 Å². The van der Waals surface area contributed by atoms with E-state index in [0.717, 1.165) is 92.0 Å². The van der Waals surface area contributed by atoms with E-state index < -0.39 is 0 Å². The van der Waals surface area contributed by atoms with E-state index >= 15 is 0 Å². The van der Waals surface area contributed by atoms with Gasteiger partial charge in [-0.1, -0.05) is 0 Å². The summed E-state index contributed by atoms with van der Waals surface area (Å²) in [4.78, 5) is 0. The first-order chi connectivity index (χ1) is 2.27. The Hall–Kier alpha value is 3.23. The fourth-order valence-electron chi connectivity index (χ4n) is 0. The number of aliphatic hydroxyl groups excluding tert-OH is 1. The van der Waals surface area contributed by atoms with Crippen molar-refractivity contribution in [1.82, 2.24) is 0 Å². The molecule has 0 fully saturated rings. The summed E-state index contributed by atoms with van der Waals surface area (Å²) in [6.45, 7) is 0.472. The molecule has 0 aliphatic rings. The summed E-state index contributed by atoms with van der Waals surface area (Å²) in [7, 11) is 0. The molecule has 0 amide bonds. The maximum absolute atomic E-state index is 8.24. The normalized spacial score (nSPS) is 10.0. The van der Waals surface area contributed by atoms with Crippen molar-refractivity contribution in [2.24, 2.45) is 0 Å². The maximum atomic E-state index is 8.24. The van der Waals surface area contributed by atoms with Crippen LogP contribution in [0.15, 0.2) is 0 Å². The number of rotatable bonds is 1. The van der Waals surface area contributed by atoms with Crippen molar-refractivity contribution in [2.45, 2.75) is -5.89 Å². The summed E-state index contributed by atoms with van der Waals surface area (Å²) in [6.07, 6.45) is 0. The van der Waals surface area contributed by atoms with E-state index in [2.05, 4.69) is 0 Å². The van der Waals surface area contributed by atoms with Crippen LogP contribution in [-0.4, -0.2) is 110 Å². The Kier molecular flexibility index (Phi) is 8.84. The van der Waals surface area contributed by atoms with Crippen molar-refractivity contribution < 1.29 is 5.11 Å². The van der Waals surface area contributed by atoms with Crippen LogP contribution >= 0.6 is 0 Å². The Balaban J connectivity index is 2.54. The topological polar surface area (TPSA) is 20.2 Å². The van der Waals surface area contributed by atoms with Gasteiger partial charge in [0.15, 0.2) is 0 Å². The minimum atomic E-state index is 0.472. The zero-order valence-corrected chi connectivity index (χ0v) is 9.98. The van der Waals surface area contributed by atoms with Crippen LogP contribution in [0.25, 0.3) is 0 Å². The molecule has 0 spiro atoms. The molecule has 0 aromatic heterocycles. The van der Waals surface area contributed by atoms with Crippen molar-refractivity contribution in [1.29, 1.82) is 0 Å². The third-order valence-electron chi connectivity index (χ3n) is 0.365. The van der Waals surface area contributed by atoms with Crippen molar-refractivity contribution in [3.63, 3.8) is 0 Å². The van der Waals surface area contributed by atoms with Gasteiger partial charge in [-0.25, -0.2) is 0 Å². The Morgan fingerprint density at radius 3 is 1.80 bits per heavy atom. The van der Waals surface area contributed by atoms with E-state index in [0.29, 0.717) is 6.61 Å². The fraction of sp³-hybridized carbons (Fsp3) is 1.00. The Labute approximate surface area is 100 Å². The Morgan fingerprint density at radius 2 is 1.80 bits per heavy atom. The third-order valence-corrected chi connectivity index (χ3v) is 1.51. The molecule has 0 aromatic rings. The molecule has 0 heterocycles. The van der Waals surface area contributed by atoms with Gasteiger partial charge in [-0.3, -0.25) is 0 Å². The van der Waals surface area contributed by atoms with E-state index in [4.69, 9.17) is 5.11 Å². The minimum absolute atomic E-state index is 0.472. The van der Waals surface area contributed by atoms with Crippen LogP contribution in [-0.2, 0) is 0 Å². The molecule has 0 rings (SSSR count). The summed E-state index contributed by atoms with van der Waals surface area (Å²) in [5.41, 5.74) is 0. The molecule has 0 saturated heterocycles. The number of hydrogen-bond donors (Lipinski definition) is 1. The first kappa shape index (κ1) is 8.23. The molecule has 0 bridgehead atoms. The van der Waals surface area contributed by atoms with E-state index in [9.17, 15) is 0 Å². The summed E-state index contributed by atoms with van der Waals surface area (Å²) < 4.78 is 0.815. The van der Waals surface area contributed by atoms with Gasteiger partial charge in [0.25, 0.3) is 0 Å². The van der Waals surface area contributed by atoms with Gasteiger partial charge in [-0.2, -0.15) is 0 Å². The van der Waals surface area contributed by atoms with Crippen LogP contribution in [0, 0.1) is 0 Å². The molecule has 1 N–H and O–H groups in total. The van der Waals surface area contributed by atoms with Gasteiger partial charge in [0.1, 0.15) is 0 Å². The Morgan fingerprint density at radius 1 is 1.60 bits per heavy atom. The summed E-state index contributed by atoms with van der Waals surface area (Å²) in [5, 5.41) is 8.24. The van der Waals surface area contributed by atoms with Crippen molar-refractivity contribution in [2.75, 3.05) is 6.61 Å². The van der Waals surface area contributed by atoms with Gasteiger partial charge in [-0.05, 0) is 0 Å². The van der Waals surface area contributed by atoms with Crippen LogP contribution in [0.2, 0.25) is -5.89 Å². The number of aliphatic hydroxyl groups is 1. The molecule has 5 heavy (non-hydrogen) atoms. The molecular formula is C2H4K2O.